The van der Waals surface area contributed by atoms with Crippen molar-refractivity contribution in [3.05, 3.63) is 26.8 Å². The quantitative estimate of drug-likeness (QED) is 0.792. The Balaban J connectivity index is 2.10. The molecule has 2 rings (SSSR count). The zero-order valence-electron chi connectivity index (χ0n) is 9.47. The van der Waals surface area contributed by atoms with Gasteiger partial charge in [0.25, 0.3) is 0 Å². The second kappa shape index (κ2) is 5.54. The first-order valence-electron chi connectivity index (χ1n) is 5.54. The largest absolute Gasteiger partial charge is 0.324 e. The van der Waals surface area contributed by atoms with Crippen LogP contribution < -0.4 is 10.6 Å². The molecule has 2 unspecified atom stereocenters. The topological polar surface area (TPSA) is 41.1 Å². The van der Waals surface area contributed by atoms with Gasteiger partial charge in [0, 0.05) is 10.1 Å². The maximum Gasteiger partial charge on any atom is 0.229 e. The lowest BCUT2D eigenvalue weighted by Crippen LogP contribution is -2.27. The molecule has 0 bridgehead atoms. The third-order valence-corrected chi connectivity index (χ3v) is 4.04. The van der Waals surface area contributed by atoms with Crippen LogP contribution in [-0.2, 0) is 4.79 Å². The van der Waals surface area contributed by atoms with Crippen LogP contribution in [-0.4, -0.2) is 19.0 Å². The Morgan fingerprint density at radius 1 is 1.53 bits per heavy atom. The number of nitrogens with one attached hydrogen (secondary N) is 2. The Morgan fingerprint density at radius 3 is 2.94 bits per heavy atom. The molecule has 1 aromatic carbocycles. The van der Waals surface area contributed by atoms with E-state index in [1.165, 1.54) is 0 Å². The van der Waals surface area contributed by atoms with Gasteiger partial charge in [0.05, 0.1) is 16.6 Å². The molecule has 2 atom stereocenters. The van der Waals surface area contributed by atoms with E-state index < -0.39 is 0 Å². The van der Waals surface area contributed by atoms with Crippen molar-refractivity contribution in [1.82, 2.24) is 5.32 Å². The van der Waals surface area contributed by atoms with E-state index in [2.05, 4.69) is 40.1 Å². The monoisotopic (exact) mass is 364 g/mol. The van der Waals surface area contributed by atoms with Crippen LogP contribution in [0.1, 0.15) is 6.92 Å². The number of hydrogen-bond acceptors (Lipinski definition) is 2. The fourth-order valence-electron chi connectivity index (χ4n) is 1.98. The Bertz CT molecular complexity index is 439. The van der Waals surface area contributed by atoms with Gasteiger partial charge >= 0.3 is 0 Å². The van der Waals surface area contributed by atoms with Gasteiger partial charge in [0.2, 0.25) is 5.91 Å². The van der Waals surface area contributed by atoms with Crippen molar-refractivity contribution >= 4 is 45.8 Å². The van der Waals surface area contributed by atoms with Gasteiger partial charge in [-0.15, -0.1) is 0 Å². The molecule has 1 amide bonds. The summed E-state index contributed by atoms with van der Waals surface area (Å²) in [6.07, 6.45) is 0. The Labute approximate surface area is 119 Å². The summed E-state index contributed by atoms with van der Waals surface area (Å²) in [6, 6.07) is 5.60. The molecule has 1 heterocycles. The smallest absolute Gasteiger partial charge is 0.229 e. The van der Waals surface area contributed by atoms with Crippen molar-refractivity contribution in [2.45, 2.75) is 6.92 Å². The summed E-state index contributed by atoms with van der Waals surface area (Å²) in [7, 11) is 0. The maximum atomic E-state index is 12.1. The van der Waals surface area contributed by atoms with Gasteiger partial charge in [0.15, 0.2) is 0 Å². The molecule has 2 N–H and O–H groups in total. The predicted octanol–water partition coefficient (Wildman–Crippen LogP) is 2.74. The van der Waals surface area contributed by atoms with Crippen molar-refractivity contribution in [1.29, 1.82) is 0 Å². The van der Waals surface area contributed by atoms with Gasteiger partial charge in [-0.3, -0.25) is 4.79 Å². The molecule has 5 heteroatoms. The lowest BCUT2D eigenvalue weighted by molar-refractivity contribution is -0.120. The number of amides is 1. The van der Waals surface area contributed by atoms with Crippen molar-refractivity contribution in [2.75, 3.05) is 18.4 Å². The Hall–Kier alpha value is -0.330. The average Bonchev–Trinajstić information content (AvgIpc) is 2.70. The Morgan fingerprint density at radius 2 is 2.29 bits per heavy atom. The zero-order valence-corrected chi connectivity index (χ0v) is 12.4. The van der Waals surface area contributed by atoms with Crippen molar-refractivity contribution in [2.24, 2.45) is 11.8 Å². The van der Waals surface area contributed by atoms with E-state index in [4.69, 9.17) is 11.6 Å². The van der Waals surface area contributed by atoms with E-state index in [1.807, 2.05) is 12.1 Å². The molecule has 0 saturated carbocycles. The van der Waals surface area contributed by atoms with Crippen molar-refractivity contribution < 1.29 is 4.79 Å². The lowest BCUT2D eigenvalue weighted by atomic mass is 9.97. The van der Waals surface area contributed by atoms with Gasteiger partial charge in [-0.2, -0.15) is 0 Å². The third kappa shape index (κ3) is 3.11. The number of rotatable bonds is 2. The number of benzene rings is 1. The van der Waals surface area contributed by atoms with Crippen LogP contribution in [0.5, 0.6) is 0 Å². The molecule has 92 valence electrons. The number of halogens is 2. The summed E-state index contributed by atoms with van der Waals surface area (Å²) >= 11 is 8.25. The summed E-state index contributed by atoms with van der Waals surface area (Å²) in [5.74, 6) is 0.451. The highest BCUT2D eigenvalue weighted by atomic mass is 127. The first-order valence-corrected chi connectivity index (χ1v) is 7.00. The van der Waals surface area contributed by atoms with E-state index in [0.717, 1.165) is 16.7 Å². The number of carbonyl (C=O) groups excluding carboxylic acids is 1. The second-order valence-corrected chi connectivity index (χ2v) is 6.01. The molecule has 1 aromatic rings. The molecule has 17 heavy (non-hydrogen) atoms. The summed E-state index contributed by atoms with van der Waals surface area (Å²) in [5, 5.41) is 6.71. The first-order chi connectivity index (χ1) is 8.08. The molecule has 3 nitrogen and oxygen atoms in total. The van der Waals surface area contributed by atoms with Crippen molar-refractivity contribution in [3.8, 4) is 0 Å². The Kier molecular flexibility index (Phi) is 4.27. The van der Waals surface area contributed by atoms with Gasteiger partial charge in [-0.1, -0.05) is 18.5 Å². The van der Waals surface area contributed by atoms with Crippen LogP contribution in [0, 0.1) is 15.4 Å². The molecular weight excluding hydrogens is 351 g/mol. The van der Waals surface area contributed by atoms with Gasteiger partial charge in [-0.25, -0.2) is 0 Å². The molecule has 0 aromatic heterocycles. The number of anilines is 1. The fraction of sp³-hybridized carbons (Fsp3) is 0.417. The molecule has 0 spiro atoms. The van der Waals surface area contributed by atoms with Crippen molar-refractivity contribution in [3.63, 3.8) is 0 Å². The highest BCUT2D eigenvalue weighted by Crippen LogP contribution is 2.25. The first kappa shape index (κ1) is 13.1. The minimum atomic E-state index is 0.0314. The highest BCUT2D eigenvalue weighted by molar-refractivity contribution is 14.1. The van der Waals surface area contributed by atoms with E-state index in [0.29, 0.717) is 16.6 Å². The highest BCUT2D eigenvalue weighted by Gasteiger charge is 2.29. The summed E-state index contributed by atoms with van der Waals surface area (Å²) < 4.78 is 1.06. The lowest BCUT2D eigenvalue weighted by Gasteiger charge is -2.15. The molecule has 1 aliphatic rings. The second-order valence-electron chi connectivity index (χ2n) is 4.36. The molecule has 1 saturated heterocycles. The average molecular weight is 365 g/mol. The van der Waals surface area contributed by atoms with E-state index in [1.54, 1.807) is 6.07 Å². The van der Waals surface area contributed by atoms with Crippen LogP contribution in [0.25, 0.3) is 0 Å². The van der Waals surface area contributed by atoms with Gasteiger partial charge in [-0.05, 0) is 53.3 Å². The molecule has 0 aliphatic carbocycles. The third-order valence-electron chi connectivity index (χ3n) is 3.04. The molecular formula is C12H14ClIN2O. The molecule has 1 fully saturated rings. The SMILES string of the molecule is CC1CNCC1C(=O)Nc1cc(I)ccc1Cl. The van der Waals surface area contributed by atoms with Crippen LogP contribution in [0.4, 0.5) is 5.69 Å². The van der Waals surface area contributed by atoms with Crippen LogP contribution >= 0.6 is 34.2 Å². The van der Waals surface area contributed by atoms with Crippen LogP contribution in [0.3, 0.4) is 0 Å². The fourth-order valence-corrected chi connectivity index (χ4v) is 2.64. The molecule has 0 radical (unpaired) electrons. The van der Waals surface area contributed by atoms with E-state index in [-0.39, 0.29) is 11.8 Å². The molecule has 1 aliphatic heterocycles. The van der Waals surface area contributed by atoms with Gasteiger partial charge < -0.3 is 10.6 Å². The zero-order chi connectivity index (χ0) is 12.4. The number of hydrogen-bond donors (Lipinski definition) is 2. The van der Waals surface area contributed by atoms with Gasteiger partial charge in [0.1, 0.15) is 0 Å². The minimum Gasteiger partial charge on any atom is -0.324 e. The summed E-state index contributed by atoms with van der Waals surface area (Å²) in [4.78, 5) is 12.1. The normalized spacial score (nSPS) is 23.7. The van der Waals surface area contributed by atoms with E-state index >= 15 is 0 Å². The maximum absolute atomic E-state index is 12.1. The minimum absolute atomic E-state index is 0.0314. The summed E-state index contributed by atoms with van der Waals surface area (Å²) in [6.45, 7) is 3.73. The standard InChI is InChI=1S/C12H14ClIN2O/c1-7-5-15-6-9(7)12(17)16-11-4-8(14)2-3-10(11)13/h2-4,7,9,15H,5-6H2,1H3,(H,16,17). The predicted molar refractivity (Wildman–Crippen MR) is 78.3 cm³/mol. The number of carbonyl (C=O) groups is 1. The van der Waals surface area contributed by atoms with Crippen LogP contribution in [0.15, 0.2) is 18.2 Å². The van der Waals surface area contributed by atoms with Crippen LogP contribution in [0.2, 0.25) is 5.02 Å². The summed E-state index contributed by atoms with van der Waals surface area (Å²) in [5.41, 5.74) is 0.697. The van der Waals surface area contributed by atoms with E-state index in [9.17, 15) is 4.79 Å².